The molecular weight excluding hydrogens is 462 g/mol. The Morgan fingerprint density at radius 1 is 1.11 bits per heavy atom. The van der Waals surface area contributed by atoms with E-state index in [2.05, 4.69) is 20.0 Å². The minimum Gasteiger partial charge on any atom is -0.445 e. The Balaban J connectivity index is 1.12. The Hall–Kier alpha value is -3.92. The Labute approximate surface area is 208 Å². The van der Waals surface area contributed by atoms with E-state index in [4.69, 9.17) is 10.5 Å². The molecule has 0 aliphatic carbocycles. The third-order valence-electron chi connectivity index (χ3n) is 6.43. The molecule has 36 heavy (non-hydrogen) atoms. The number of carbonyl (C=O) groups is 2. The Kier molecular flexibility index (Phi) is 8.51. The van der Waals surface area contributed by atoms with Gasteiger partial charge in [0.2, 0.25) is 5.91 Å². The first-order valence-corrected chi connectivity index (χ1v) is 12.1. The van der Waals surface area contributed by atoms with Crippen LogP contribution >= 0.6 is 0 Å². The standard InChI is InChI=1S/C26H31N5O5/c27-22(24(32)28-16-19-6-9-21(10-7-19)23-29-25(33)36-30-23)11-8-18-12-14-31(15-13-18)26(34)35-17-20-4-2-1-3-5-20/h1-7,9-10,18,22H,8,11-17,27H2,(H,28,32)(H,29,30,33)/t22-/m0/s1. The second kappa shape index (κ2) is 12.2. The number of piperidine rings is 1. The smallest absolute Gasteiger partial charge is 0.439 e. The van der Waals surface area contributed by atoms with Crippen molar-refractivity contribution < 1.29 is 18.8 Å². The number of nitrogens with one attached hydrogen (secondary N) is 2. The lowest BCUT2D eigenvalue weighted by Gasteiger charge is -2.31. The molecule has 0 bridgehead atoms. The molecule has 1 atom stereocenters. The van der Waals surface area contributed by atoms with E-state index in [1.807, 2.05) is 42.5 Å². The van der Waals surface area contributed by atoms with Crippen LogP contribution in [-0.4, -0.2) is 46.2 Å². The van der Waals surface area contributed by atoms with Gasteiger partial charge in [0.05, 0.1) is 6.04 Å². The molecule has 1 aliphatic rings. The maximum atomic E-state index is 12.4. The summed E-state index contributed by atoms with van der Waals surface area (Å²) in [7, 11) is 0. The van der Waals surface area contributed by atoms with Crippen LogP contribution in [0.3, 0.4) is 0 Å². The van der Waals surface area contributed by atoms with Crippen LogP contribution in [0.25, 0.3) is 11.4 Å². The van der Waals surface area contributed by atoms with E-state index in [1.54, 1.807) is 17.0 Å². The minimum absolute atomic E-state index is 0.193. The number of benzene rings is 2. The van der Waals surface area contributed by atoms with Gasteiger partial charge in [-0.1, -0.05) is 59.8 Å². The molecule has 1 saturated heterocycles. The van der Waals surface area contributed by atoms with Crippen molar-refractivity contribution in [2.45, 2.75) is 44.9 Å². The summed E-state index contributed by atoms with van der Waals surface area (Å²) in [4.78, 5) is 40.1. The minimum atomic E-state index is -0.609. The summed E-state index contributed by atoms with van der Waals surface area (Å²) in [6.07, 6.45) is 2.89. The largest absolute Gasteiger partial charge is 0.445 e. The number of hydrogen-bond donors (Lipinski definition) is 3. The first kappa shape index (κ1) is 25.2. The second-order valence-corrected chi connectivity index (χ2v) is 9.01. The number of likely N-dealkylation sites (tertiary alicyclic amines) is 1. The zero-order valence-electron chi connectivity index (χ0n) is 20.0. The van der Waals surface area contributed by atoms with Gasteiger partial charge in [0.1, 0.15) is 6.61 Å². The number of rotatable bonds is 9. The fraction of sp³-hybridized carbons (Fsp3) is 0.385. The summed E-state index contributed by atoms with van der Waals surface area (Å²) in [6.45, 7) is 1.93. The van der Waals surface area contributed by atoms with Crippen molar-refractivity contribution in [2.75, 3.05) is 13.1 Å². The van der Waals surface area contributed by atoms with Gasteiger partial charge in [-0.05, 0) is 42.7 Å². The molecule has 190 valence electrons. The first-order chi connectivity index (χ1) is 17.5. The van der Waals surface area contributed by atoms with Crippen LogP contribution in [0.1, 0.15) is 36.8 Å². The molecule has 1 fully saturated rings. The fourth-order valence-electron chi connectivity index (χ4n) is 4.22. The molecule has 0 saturated carbocycles. The first-order valence-electron chi connectivity index (χ1n) is 12.1. The fourth-order valence-corrected chi connectivity index (χ4v) is 4.22. The number of H-pyrrole nitrogens is 1. The molecule has 0 unspecified atom stereocenters. The van der Waals surface area contributed by atoms with Crippen LogP contribution in [0.4, 0.5) is 4.79 Å². The summed E-state index contributed by atoms with van der Waals surface area (Å²) in [5.74, 6) is -0.0193. The van der Waals surface area contributed by atoms with Crippen molar-refractivity contribution in [2.24, 2.45) is 11.7 Å². The van der Waals surface area contributed by atoms with Gasteiger partial charge in [-0.15, -0.1) is 0 Å². The summed E-state index contributed by atoms with van der Waals surface area (Å²) in [5, 5.41) is 6.52. The molecule has 2 aromatic carbocycles. The number of aromatic amines is 1. The molecule has 2 amide bonds. The van der Waals surface area contributed by atoms with Gasteiger partial charge in [-0.2, -0.15) is 0 Å². The van der Waals surface area contributed by atoms with Gasteiger partial charge in [0, 0.05) is 25.2 Å². The molecular formula is C26H31N5O5. The quantitative estimate of drug-likeness (QED) is 0.416. The van der Waals surface area contributed by atoms with Crippen LogP contribution in [0.15, 0.2) is 63.9 Å². The van der Waals surface area contributed by atoms with E-state index in [0.717, 1.165) is 30.4 Å². The van der Waals surface area contributed by atoms with Crippen molar-refractivity contribution in [3.05, 3.63) is 76.3 Å². The Bertz CT molecular complexity index is 1180. The second-order valence-electron chi connectivity index (χ2n) is 9.01. The van der Waals surface area contributed by atoms with Crippen LogP contribution in [0, 0.1) is 5.92 Å². The lowest BCUT2D eigenvalue weighted by molar-refractivity contribution is -0.122. The van der Waals surface area contributed by atoms with Crippen LogP contribution in [-0.2, 0) is 22.7 Å². The third kappa shape index (κ3) is 7.05. The monoisotopic (exact) mass is 493 g/mol. The molecule has 4 rings (SSSR count). The van der Waals surface area contributed by atoms with Crippen molar-refractivity contribution >= 4 is 12.0 Å². The zero-order chi connectivity index (χ0) is 25.3. The predicted molar refractivity (Wildman–Crippen MR) is 133 cm³/mol. The number of nitrogens with two attached hydrogens (primary N) is 1. The van der Waals surface area contributed by atoms with Crippen molar-refractivity contribution in [3.8, 4) is 11.4 Å². The maximum Gasteiger partial charge on any atom is 0.439 e. The van der Waals surface area contributed by atoms with Gasteiger partial charge >= 0.3 is 11.8 Å². The maximum absolute atomic E-state index is 12.4. The molecule has 4 N–H and O–H groups in total. The highest BCUT2D eigenvalue weighted by atomic mass is 16.6. The summed E-state index contributed by atoms with van der Waals surface area (Å²) in [6, 6.07) is 16.3. The van der Waals surface area contributed by atoms with E-state index < -0.39 is 11.8 Å². The highest BCUT2D eigenvalue weighted by molar-refractivity contribution is 5.81. The van der Waals surface area contributed by atoms with Gasteiger partial charge in [-0.3, -0.25) is 14.3 Å². The lowest BCUT2D eigenvalue weighted by Crippen LogP contribution is -2.41. The zero-order valence-corrected chi connectivity index (χ0v) is 20.0. The van der Waals surface area contributed by atoms with E-state index in [-0.39, 0.29) is 18.6 Å². The summed E-state index contributed by atoms with van der Waals surface area (Å²) < 4.78 is 9.93. The van der Waals surface area contributed by atoms with Crippen LogP contribution in [0.5, 0.6) is 0 Å². The molecule has 0 spiro atoms. The normalized spacial score (nSPS) is 14.9. The molecule has 1 aliphatic heterocycles. The van der Waals surface area contributed by atoms with Gasteiger partial charge in [0.25, 0.3) is 0 Å². The van der Waals surface area contributed by atoms with Gasteiger partial charge in [-0.25, -0.2) is 9.59 Å². The number of amides is 2. The number of ether oxygens (including phenoxy) is 1. The molecule has 2 heterocycles. The molecule has 3 aromatic rings. The van der Waals surface area contributed by atoms with Crippen LogP contribution in [0.2, 0.25) is 0 Å². The number of aromatic nitrogens is 2. The number of hydrogen-bond acceptors (Lipinski definition) is 7. The Morgan fingerprint density at radius 2 is 1.83 bits per heavy atom. The van der Waals surface area contributed by atoms with E-state index in [1.165, 1.54) is 0 Å². The van der Waals surface area contributed by atoms with E-state index in [9.17, 15) is 14.4 Å². The molecule has 10 nitrogen and oxygen atoms in total. The third-order valence-corrected chi connectivity index (χ3v) is 6.43. The SMILES string of the molecule is N[C@@H](CCC1CCN(C(=O)OCc2ccccc2)CC1)C(=O)NCc1ccc(-c2noc(=O)[nH]2)cc1. The topological polar surface area (TPSA) is 144 Å². The van der Waals surface area contributed by atoms with E-state index >= 15 is 0 Å². The summed E-state index contributed by atoms with van der Waals surface area (Å²) in [5.41, 5.74) is 8.70. The summed E-state index contributed by atoms with van der Waals surface area (Å²) >= 11 is 0. The molecule has 10 heteroatoms. The van der Waals surface area contributed by atoms with Gasteiger partial charge in [0.15, 0.2) is 5.82 Å². The van der Waals surface area contributed by atoms with E-state index in [0.29, 0.717) is 43.4 Å². The average Bonchev–Trinajstić information content (AvgIpc) is 3.36. The van der Waals surface area contributed by atoms with Crippen molar-refractivity contribution in [3.63, 3.8) is 0 Å². The average molecular weight is 494 g/mol. The number of nitrogens with zero attached hydrogens (tertiary/aromatic N) is 2. The highest BCUT2D eigenvalue weighted by Gasteiger charge is 2.25. The molecule has 0 radical (unpaired) electrons. The van der Waals surface area contributed by atoms with Gasteiger partial charge < -0.3 is 20.7 Å². The lowest BCUT2D eigenvalue weighted by atomic mass is 9.90. The Morgan fingerprint density at radius 3 is 2.50 bits per heavy atom. The van der Waals surface area contributed by atoms with Crippen LogP contribution < -0.4 is 16.8 Å². The highest BCUT2D eigenvalue weighted by Crippen LogP contribution is 2.23. The number of carbonyl (C=O) groups excluding carboxylic acids is 2. The molecule has 1 aromatic heterocycles. The van der Waals surface area contributed by atoms with Crippen molar-refractivity contribution in [1.82, 2.24) is 20.4 Å². The predicted octanol–water partition coefficient (Wildman–Crippen LogP) is 2.80. The van der Waals surface area contributed by atoms with Crippen molar-refractivity contribution in [1.29, 1.82) is 0 Å².